The van der Waals surface area contributed by atoms with E-state index in [0.717, 1.165) is 16.1 Å². The lowest BCUT2D eigenvalue weighted by atomic mass is 9.92. The predicted molar refractivity (Wildman–Crippen MR) is 104 cm³/mol. The normalized spacial score (nSPS) is 19.8. The van der Waals surface area contributed by atoms with E-state index in [2.05, 4.69) is 15.6 Å². The molecule has 3 N–H and O–H groups in total. The van der Waals surface area contributed by atoms with Crippen molar-refractivity contribution >= 4 is 28.9 Å². The molecule has 1 unspecified atom stereocenters. The summed E-state index contributed by atoms with van der Waals surface area (Å²) in [6, 6.07) is 5.42. The average molecular weight is 386 g/mol. The highest BCUT2D eigenvalue weighted by atomic mass is 32.1. The van der Waals surface area contributed by atoms with Gasteiger partial charge in [0, 0.05) is 43.2 Å². The van der Waals surface area contributed by atoms with Gasteiger partial charge in [-0.15, -0.1) is 11.3 Å². The molecular weight excluding hydrogens is 364 g/mol. The zero-order chi connectivity index (χ0) is 19.0. The Morgan fingerprint density at radius 1 is 1.33 bits per heavy atom. The van der Waals surface area contributed by atoms with Gasteiger partial charge in [-0.05, 0) is 30.2 Å². The van der Waals surface area contributed by atoms with E-state index in [1.165, 1.54) is 11.3 Å². The number of hydrogen-bond acceptors (Lipinski definition) is 6. The van der Waals surface area contributed by atoms with Gasteiger partial charge in [0.15, 0.2) is 0 Å². The second kappa shape index (κ2) is 6.94. The topological polar surface area (TPSA) is 94.6 Å². The van der Waals surface area contributed by atoms with Crippen molar-refractivity contribution in [2.45, 2.75) is 37.9 Å². The number of carboxylic acid groups (broad SMARTS) is 1. The van der Waals surface area contributed by atoms with E-state index in [0.29, 0.717) is 37.2 Å². The van der Waals surface area contributed by atoms with Crippen molar-refractivity contribution in [1.29, 1.82) is 0 Å². The van der Waals surface area contributed by atoms with Gasteiger partial charge in [-0.1, -0.05) is 6.92 Å². The van der Waals surface area contributed by atoms with Gasteiger partial charge < -0.3 is 15.7 Å². The molecule has 1 amide bonds. The molecule has 0 aromatic carbocycles. The smallest absolute Gasteiger partial charge is 0.320 e. The van der Waals surface area contributed by atoms with E-state index in [-0.39, 0.29) is 5.91 Å². The summed E-state index contributed by atoms with van der Waals surface area (Å²) in [5, 5.41) is 16.0. The lowest BCUT2D eigenvalue weighted by Gasteiger charge is -2.46. The molecule has 7 nitrogen and oxygen atoms in total. The Bertz CT molecular complexity index is 859. The molecule has 1 atom stereocenters. The van der Waals surface area contributed by atoms with Gasteiger partial charge in [0.25, 0.3) is 5.91 Å². The lowest BCUT2D eigenvalue weighted by Crippen LogP contribution is -2.63. The fourth-order valence-electron chi connectivity index (χ4n) is 3.93. The van der Waals surface area contributed by atoms with Crippen LogP contribution in [0, 0.1) is 0 Å². The number of aromatic nitrogens is 1. The van der Waals surface area contributed by atoms with E-state index >= 15 is 0 Å². The molecule has 2 aliphatic rings. The Morgan fingerprint density at radius 3 is 2.67 bits per heavy atom. The summed E-state index contributed by atoms with van der Waals surface area (Å²) in [7, 11) is 0. The Balaban J connectivity index is 1.53. The minimum atomic E-state index is -0.781. The molecular formula is C19H22N4O3S. The summed E-state index contributed by atoms with van der Waals surface area (Å²) in [5.41, 5.74) is 1.39. The van der Waals surface area contributed by atoms with Crippen LogP contribution < -0.4 is 10.6 Å². The number of nitrogens with one attached hydrogen (secondary N) is 2. The zero-order valence-electron chi connectivity index (χ0n) is 15.1. The molecule has 4 heterocycles. The first-order chi connectivity index (χ1) is 13.0. The van der Waals surface area contributed by atoms with E-state index in [1.807, 2.05) is 30.0 Å². The predicted octanol–water partition coefficient (Wildman–Crippen LogP) is 2.62. The number of amides is 1. The molecule has 0 saturated carbocycles. The molecule has 4 rings (SSSR count). The third-order valence-corrected chi connectivity index (χ3v) is 6.58. The molecule has 142 valence electrons. The number of pyridine rings is 1. The second-order valence-electron chi connectivity index (χ2n) is 7.05. The van der Waals surface area contributed by atoms with E-state index < -0.39 is 17.7 Å². The van der Waals surface area contributed by atoms with Crippen LogP contribution in [0.15, 0.2) is 30.6 Å². The maximum Gasteiger partial charge on any atom is 0.320 e. The zero-order valence-corrected chi connectivity index (χ0v) is 15.9. The standard InChI is InChI=1S/C19H22N4O3S/c1-2-14(18(25)26)23-9-5-19(6-10-23)21-13-11-15(12-3-7-20-8-4-12)27-16(13)17(24)22-19/h3-4,7-8,11,14,21H,2,5-6,9-10H2,1H3,(H,22,24)(H,25,26). The SMILES string of the molecule is CCC(C(=O)O)N1CCC2(CC1)NC(=O)c1sc(-c3ccncc3)cc1N2. The minimum Gasteiger partial charge on any atom is -0.480 e. The first-order valence-electron chi connectivity index (χ1n) is 9.13. The van der Waals surface area contributed by atoms with Gasteiger partial charge in [0.05, 0.1) is 5.69 Å². The molecule has 27 heavy (non-hydrogen) atoms. The minimum absolute atomic E-state index is 0.0622. The van der Waals surface area contributed by atoms with Crippen LogP contribution in [-0.2, 0) is 4.79 Å². The number of carbonyl (C=O) groups is 2. The van der Waals surface area contributed by atoms with Crippen LogP contribution in [0.2, 0.25) is 0 Å². The van der Waals surface area contributed by atoms with Crippen molar-refractivity contribution in [1.82, 2.24) is 15.2 Å². The molecule has 0 radical (unpaired) electrons. The van der Waals surface area contributed by atoms with Crippen LogP contribution in [0.3, 0.4) is 0 Å². The number of hydrogen-bond donors (Lipinski definition) is 3. The molecule has 0 aliphatic carbocycles. The summed E-state index contributed by atoms with van der Waals surface area (Å²) >= 11 is 1.47. The van der Waals surface area contributed by atoms with Crippen LogP contribution >= 0.6 is 11.3 Å². The van der Waals surface area contributed by atoms with E-state index in [1.54, 1.807) is 12.4 Å². The first-order valence-corrected chi connectivity index (χ1v) is 9.95. The van der Waals surface area contributed by atoms with Crippen LogP contribution in [0.4, 0.5) is 5.69 Å². The summed E-state index contributed by atoms with van der Waals surface area (Å²) in [5.74, 6) is -0.844. The van der Waals surface area contributed by atoms with Crippen molar-refractivity contribution < 1.29 is 14.7 Å². The van der Waals surface area contributed by atoms with Crippen molar-refractivity contribution in [2.75, 3.05) is 18.4 Å². The Kier molecular flexibility index (Phi) is 4.61. The maximum atomic E-state index is 12.7. The molecule has 1 saturated heterocycles. The summed E-state index contributed by atoms with van der Waals surface area (Å²) < 4.78 is 0. The molecule has 1 fully saturated rings. The molecule has 8 heteroatoms. The quantitative estimate of drug-likeness (QED) is 0.748. The van der Waals surface area contributed by atoms with Crippen LogP contribution in [0.25, 0.3) is 10.4 Å². The second-order valence-corrected chi connectivity index (χ2v) is 8.10. The molecule has 0 bridgehead atoms. The molecule has 2 aromatic rings. The number of carboxylic acids is 1. The van der Waals surface area contributed by atoms with Gasteiger partial charge in [0.2, 0.25) is 0 Å². The van der Waals surface area contributed by atoms with E-state index in [9.17, 15) is 14.7 Å². The molecule has 2 aromatic heterocycles. The van der Waals surface area contributed by atoms with Gasteiger partial charge in [-0.3, -0.25) is 19.5 Å². The van der Waals surface area contributed by atoms with Gasteiger partial charge in [-0.2, -0.15) is 0 Å². The summed E-state index contributed by atoms with van der Waals surface area (Å²) in [4.78, 5) is 31.9. The monoisotopic (exact) mass is 386 g/mol. The Labute approximate surface area is 161 Å². The molecule has 2 aliphatic heterocycles. The number of piperidine rings is 1. The number of nitrogens with zero attached hydrogens (tertiary/aromatic N) is 2. The average Bonchev–Trinajstić information content (AvgIpc) is 3.09. The van der Waals surface area contributed by atoms with Crippen molar-refractivity contribution in [3.63, 3.8) is 0 Å². The third-order valence-electron chi connectivity index (χ3n) is 5.39. The van der Waals surface area contributed by atoms with Crippen molar-refractivity contribution in [3.05, 3.63) is 35.5 Å². The van der Waals surface area contributed by atoms with Crippen molar-refractivity contribution in [2.24, 2.45) is 0 Å². The fourth-order valence-corrected chi connectivity index (χ4v) is 4.94. The largest absolute Gasteiger partial charge is 0.480 e. The number of likely N-dealkylation sites (tertiary alicyclic amines) is 1. The number of fused-ring (bicyclic) bond motifs is 1. The first kappa shape index (κ1) is 17.9. The molecule has 1 spiro atoms. The van der Waals surface area contributed by atoms with Crippen molar-refractivity contribution in [3.8, 4) is 10.4 Å². The highest BCUT2D eigenvalue weighted by Crippen LogP contribution is 2.40. The van der Waals surface area contributed by atoms with Gasteiger partial charge >= 0.3 is 5.97 Å². The Hall–Kier alpha value is -2.45. The van der Waals surface area contributed by atoms with Crippen LogP contribution in [-0.4, -0.2) is 51.7 Å². The number of thiophene rings is 1. The lowest BCUT2D eigenvalue weighted by molar-refractivity contribution is -0.144. The highest BCUT2D eigenvalue weighted by molar-refractivity contribution is 7.18. The Morgan fingerprint density at radius 2 is 2.04 bits per heavy atom. The van der Waals surface area contributed by atoms with Gasteiger partial charge in [-0.25, -0.2) is 0 Å². The van der Waals surface area contributed by atoms with Crippen LogP contribution in [0.5, 0.6) is 0 Å². The summed E-state index contributed by atoms with van der Waals surface area (Å²) in [6.07, 6.45) is 5.40. The number of rotatable bonds is 4. The van der Waals surface area contributed by atoms with E-state index in [4.69, 9.17) is 0 Å². The van der Waals surface area contributed by atoms with Crippen LogP contribution in [0.1, 0.15) is 35.9 Å². The summed E-state index contributed by atoms with van der Waals surface area (Å²) in [6.45, 7) is 3.16. The fraction of sp³-hybridized carbons (Fsp3) is 0.421. The number of carbonyl (C=O) groups excluding carboxylic acids is 1. The van der Waals surface area contributed by atoms with Gasteiger partial charge in [0.1, 0.15) is 16.6 Å². The third kappa shape index (κ3) is 3.30. The number of anilines is 1. The highest BCUT2D eigenvalue weighted by Gasteiger charge is 2.42. The maximum absolute atomic E-state index is 12.7. The number of aliphatic carboxylic acids is 1.